The number of methoxy groups -OCH3 is 1. The van der Waals surface area contributed by atoms with Crippen molar-refractivity contribution in [2.75, 3.05) is 7.11 Å². The molecule has 0 atom stereocenters. The van der Waals surface area contributed by atoms with Crippen LogP contribution in [0.1, 0.15) is 27.6 Å². The van der Waals surface area contributed by atoms with E-state index in [2.05, 4.69) is 0 Å². The van der Waals surface area contributed by atoms with Crippen molar-refractivity contribution in [3.05, 3.63) is 23.3 Å². The normalized spacial score (nSPS) is 9.73. The fourth-order valence-corrected chi connectivity index (χ4v) is 1.19. The summed E-state index contributed by atoms with van der Waals surface area (Å²) in [7, 11) is 1.29. The van der Waals surface area contributed by atoms with E-state index in [0.29, 0.717) is 0 Å². The number of phenols is 1. The highest BCUT2D eigenvalue weighted by Crippen LogP contribution is 2.28. The highest BCUT2D eigenvalue weighted by atomic mass is 16.5. The molecule has 1 aromatic carbocycles. The topological polar surface area (TPSA) is 83.8 Å². The second kappa shape index (κ2) is 4.00. The molecule has 0 aliphatic carbocycles. The molecule has 0 radical (unpaired) electrons. The Balaban J connectivity index is 3.43. The lowest BCUT2D eigenvalue weighted by Crippen LogP contribution is -2.03. The molecule has 1 rings (SSSR count). The highest BCUT2D eigenvalue weighted by molar-refractivity contribution is 6.01. The van der Waals surface area contributed by atoms with Crippen molar-refractivity contribution < 1.29 is 24.5 Å². The standard InChI is InChI=1S/C10H10O5/c1-5(11)6-3-7(10(13)14)9(15-2)4-8(6)12/h3-4,12H,1-2H3,(H,13,14). The van der Waals surface area contributed by atoms with Gasteiger partial charge in [-0.1, -0.05) is 0 Å². The van der Waals surface area contributed by atoms with Crippen LogP contribution in [0.25, 0.3) is 0 Å². The zero-order chi connectivity index (χ0) is 11.6. The molecule has 0 aromatic heterocycles. The van der Waals surface area contributed by atoms with Gasteiger partial charge in [0, 0.05) is 6.07 Å². The lowest BCUT2D eigenvalue weighted by atomic mass is 10.1. The quantitative estimate of drug-likeness (QED) is 0.734. The molecule has 1 aromatic rings. The van der Waals surface area contributed by atoms with Gasteiger partial charge in [-0.15, -0.1) is 0 Å². The van der Waals surface area contributed by atoms with Crippen molar-refractivity contribution in [1.29, 1.82) is 0 Å². The molecular weight excluding hydrogens is 200 g/mol. The Bertz CT molecular complexity index is 422. The maximum atomic E-state index is 11.0. The number of benzene rings is 1. The van der Waals surface area contributed by atoms with E-state index in [1.54, 1.807) is 0 Å². The first kappa shape index (κ1) is 11.0. The van der Waals surface area contributed by atoms with Crippen LogP contribution in [0.3, 0.4) is 0 Å². The molecule has 0 bridgehead atoms. The maximum absolute atomic E-state index is 11.0. The summed E-state index contributed by atoms with van der Waals surface area (Å²) < 4.78 is 4.77. The van der Waals surface area contributed by atoms with Gasteiger partial charge in [0.2, 0.25) is 0 Å². The molecule has 15 heavy (non-hydrogen) atoms. The van der Waals surface area contributed by atoms with E-state index in [9.17, 15) is 14.7 Å². The first-order valence-corrected chi connectivity index (χ1v) is 4.12. The lowest BCUT2D eigenvalue weighted by molar-refractivity contribution is 0.0693. The van der Waals surface area contributed by atoms with Crippen LogP contribution in [0.15, 0.2) is 12.1 Å². The minimum Gasteiger partial charge on any atom is -0.507 e. The summed E-state index contributed by atoms with van der Waals surface area (Å²) >= 11 is 0. The van der Waals surface area contributed by atoms with Crippen LogP contribution in [-0.2, 0) is 0 Å². The third-order valence-corrected chi connectivity index (χ3v) is 1.93. The summed E-state index contributed by atoms with van der Waals surface area (Å²) in [5.74, 6) is -1.89. The Kier molecular flexibility index (Phi) is 2.94. The van der Waals surface area contributed by atoms with Crippen LogP contribution in [-0.4, -0.2) is 29.1 Å². The number of carbonyl (C=O) groups is 2. The van der Waals surface area contributed by atoms with Gasteiger partial charge in [0.1, 0.15) is 17.1 Å². The molecule has 0 unspecified atom stereocenters. The minimum atomic E-state index is -1.21. The van der Waals surface area contributed by atoms with Crippen molar-refractivity contribution in [2.45, 2.75) is 6.92 Å². The third-order valence-electron chi connectivity index (χ3n) is 1.93. The van der Waals surface area contributed by atoms with Crippen LogP contribution in [0, 0.1) is 0 Å². The van der Waals surface area contributed by atoms with Gasteiger partial charge in [0.15, 0.2) is 5.78 Å². The van der Waals surface area contributed by atoms with E-state index in [1.807, 2.05) is 0 Å². The molecule has 0 aliphatic heterocycles. The van der Waals surface area contributed by atoms with Gasteiger partial charge in [-0.25, -0.2) is 4.79 Å². The Labute approximate surface area is 85.9 Å². The largest absolute Gasteiger partial charge is 0.507 e. The number of carboxylic acids is 1. The Morgan fingerprint density at radius 2 is 1.87 bits per heavy atom. The molecule has 0 amide bonds. The maximum Gasteiger partial charge on any atom is 0.339 e. The summed E-state index contributed by atoms with van der Waals surface area (Å²) in [5.41, 5.74) is -0.186. The number of ether oxygens (including phenoxy) is 1. The van der Waals surface area contributed by atoms with Gasteiger partial charge in [-0.05, 0) is 13.0 Å². The van der Waals surface area contributed by atoms with E-state index < -0.39 is 11.8 Å². The number of hydrogen-bond acceptors (Lipinski definition) is 4. The number of aromatic carboxylic acids is 1. The summed E-state index contributed by atoms with van der Waals surface area (Å²) in [5, 5.41) is 18.2. The SMILES string of the molecule is COc1cc(O)c(C(C)=O)cc1C(=O)O. The molecule has 0 saturated carbocycles. The Morgan fingerprint density at radius 3 is 2.27 bits per heavy atom. The van der Waals surface area contributed by atoms with Gasteiger partial charge in [-0.3, -0.25) is 4.79 Å². The Morgan fingerprint density at radius 1 is 1.27 bits per heavy atom. The van der Waals surface area contributed by atoms with Gasteiger partial charge >= 0.3 is 5.97 Å². The smallest absolute Gasteiger partial charge is 0.339 e. The number of carboxylic acid groups (broad SMARTS) is 1. The number of rotatable bonds is 3. The second-order valence-electron chi connectivity index (χ2n) is 2.93. The average molecular weight is 210 g/mol. The number of aromatic hydroxyl groups is 1. The van der Waals surface area contributed by atoms with Gasteiger partial charge < -0.3 is 14.9 Å². The van der Waals surface area contributed by atoms with E-state index in [0.717, 1.165) is 12.1 Å². The number of carbonyl (C=O) groups excluding carboxylic acids is 1. The van der Waals surface area contributed by atoms with Crippen LogP contribution < -0.4 is 4.74 Å². The molecule has 0 spiro atoms. The molecule has 0 saturated heterocycles. The average Bonchev–Trinajstić information content (AvgIpc) is 2.16. The summed E-state index contributed by atoms with van der Waals surface area (Å²) in [6, 6.07) is 2.21. The van der Waals surface area contributed by atoms with Gasteiger partial charge in [0.05, 0.1) is 12.7 Å². The van der Waals surface area contributed by atoms with E-state index >= 15 is 0 Å². The molecule has 5 nitrogen and oxygen atoms in total. The van der Waals surface area contributed by atoms with E-state index in [4.69, 9.17) is 9.84 Å². The van der Waals surface area contributed by atoms with E-state index in [-0.39, 0.29) is 22.6 Å². The molecule has 0 aliphatic rings. The predicted octanol–water partition coefficient (Wildman–Crippen LogP) is 1.30. The van der Waals surface area contributed by atoms with Crippen molar-refractivity contribution >= 4 is 11.8 Å². The summed E-state index contributed by atoms with van der Waals surface area (Å²) in [4.78, 5) is 21.8. The molecule has 0 fully saturated rings. The number of Topliss-reactive ketones (excluding diaryl/α,β-unsaturated/α-hetero) is 1. The fourth-order valence-electron chi connectivity index (χ4n) is 1.19. The summed E-state index contributed by atoms with van der Waals surface area (Å²) in [6.07, 6.45) is 0. The van der Waals surface area contributed by atoms with Gasteiger partial charge in [-0.2, -0.15) is 0 Å². The minimum absolute atomic E-state index is 0.0185. The van der Waals surface area contributed by atoms with Crippen LogP contribution in [0.4, 0.5) is 0 Å². The molecule has 5 heteroatoms. The van der Waals surface area contributed by atoms with Crippen LogP contribution in [0.2, 0.25) is 0 Å². The zero-order valence-electron chi connectivity index (χ0n) is 8.27. The predicted molar refractivity (Wildman–Crippen MR) is 51.6 cm³/mol. The zero-order valence-corrected chi connectivity index (χ0v) is 8.27. The monoisotopic (exact) mass is 210 g/mol. The van der Waals surface area contributed by atoms with Crippen molar-refractivity contribution in [3.63, 3.8) is 0 Å². The molecule has 2 N–H and O–H groups in total. The number of ketones is 1. The van der Waals surface area contributed by atoms with Gasteiger partial charge in [0.25, 0.3) is 0 Å². The number of hydrogen-bond donors (Lipinski definition) is 2. The summed E-state index contributed by atoms with van der Waals surface area (Å²) in [6.45, 7) is 1.24. The van der Waals surface area contributed by atoms with Crippen molar-refractivity contribution in [2.24, 2.45) is 0 Å². The number of phenolic OH excluding ortho intramolecular Hbond substituents is 1. The van der Waals surface area contributed by atoms with E-state index in [1.165, 1.54) is 14.0 Å². The molecule has 80 valence electrons. The fraction of sp³-hybridized carbons (Fsp3) is 0.200. The van der Waals surface area contributed by atoms with Crippen molar-refractivity contribution in [1.82, 2.24) is 0 Å². The first-order chi connectivity index (χ1) is 6.97. The Hall–Kier alpha value is -2.04. The molecule has 0 heterocycles. The molecular formula is C10H10O5. The van der Waals surface area contributed by atoms with Crippen molar-refractivity contribution in [3.8, 4) is 11.5 Å². The third kappa shape index (κ3) is 2.07. The lowest BCUT2D eigenvalue weighted by Gasteiger charge is -2.07. The highest BCUT2D eigenvalue weighted by Gasteiger charge is 2.17. The first-order valence-electron chi connectivity index (χ1n) is 4.12. The van der Waals surface area contributed by atoms with Crippen LogP contribution in [0.5, 0.6) is 11.5 Å². The van der Waals surface area contributed by atoms with Crippen LogP contribution >= 0.6 is 0 Å². The second-order valence-corrected chi connectivity index (χ2v) is 2.93.